The quantitative estimate of drug-likeness (QED) is 0.0698. The average molecular weight is 777 g/mol. The fraction of sp³-hybridized carbons (Fsp3) is 0.714. The highest BCUT2D eigenvalue weighted by Gasteiger charge is 2.15. The van der Waals surface area contributed by atoms with Crippen LogP contribution in [0.4, 0.5) is 0 Å². The summed E-state index contributed by atoms with van der Waals surface area (Å²) in [6.07, 6.45) is -12.2. The number of aliphatic hydroxyl groups is 20. The molecule has 0 aliphatic carbocycles. The lowest BCUT2D eigenvalue weighted by molar-refractivity contribution is -0.0388. The first-order chi connectivity index (χ1) is 24.2. The molecule has 0 saturated heterocycles. The Hall–Kier alpha value is -2.64. The third-order valence-corrected chi connectivity index (χ3v) is 5.48. The van der Waals surface area contributed by atoms with Gasteiger partial charge in [-0.1, -0.05) is 12.1 Å². The number of hydrogen-bond acceptors (Lipinski definition) is 22. The van der Waals surface area contributed by atoms with Crippen LogP contribution in [0.25, 0.3) is 0 Å². The minimum Gasteiger partial charge on any atom is -0.478 e. The maximum Gasteiger partial charge on any atom is 0.336 e. The predicted molar refractivity (Wildman–Crippen MR) is 171 cm³/mol. The summed E-state index contributed by atoms with van der Waals surface area (Å²) in [5, 5.41) is 183. The second kappa shape index (κ2) is 38.1. The zero-order valence-corrected chi connectivity index (χ0v) is 27.8. The smallest absolute Gasteiger partial charge is 0.336 e. The van der Waals surface area contributed by atoms with Crippen molar-refractivity contribution in [3.8, 4) is 0 Å². The van der Waals surface area contributed by atoms with Gasteiger partial charge in [-0.05, 0) is 12.1 Å². The largest absolute Gasteiger partial charge is 0.478 e. The maximum absolute atomic E-state index is 10.5. The number of carboxylic acids is 2. The highest BCUT2D eigenvalue weighted by molar-refractivity contribution is 6.01. The lowest BCUT2D eigenvalue weighted by Gasteiger charge is -2.10. The lowest BCUT2D eigenvalue weighted by atomic mass is 10.1. The second-order valence-corrected chi connectivity index (χ2v) is 9.66. The van der Waals surface area contributed by atoms with E-state index in [1.54, 1.807) is 0 Å². The van der Waals surface area contributed by atoms with Crippen LogP contribution in [-0.4, -0.2) is 251 Å². The van der Waals surface area contributed by atoms with Crippen molar-refractivity contribution in [1.82, 2.24) is 0 Å². The summed E-state index contributed by atoms with van der Waals surface area (Å²) in [7, 11) is 0. The van der Waals surface area contributed by atoms with Crippen molar-refractivity contribution in [2.75, 3.05) is 66.1 Å². The van der Waals surface area contributed by atoms with Crippen LogP contribution in [0, 0.1) is 0 Å². The fourth-order valence-electron chi connectivity index (χ4n) is 2.07. The Kier molecular flexibility index (Phi) is 43.0. The zero-order chi connectivity index (χ0) is 42.0. The molecule has 0 spiro atoms. The van der Waals surface area contributed by atoms with E-state index >= 15 is 0 Å². The summed E-state index contributed by atoms with van der Waals surface area (Å²) in [5.74, 6) is -2.46. The molecule has 0 heterocycles. The molecule has 10 atom stereocenters. The number of aromatic carboxylic acids is 2. The van der Waals surface area contributed by atoms with Gasteiger partial charge in [-0.15, -0.1) is 0 Å². The highest BCUT2D eigenvalue weighted by atomic mass is 16.4. The Balaban J connectivity index is -0.000000172. The fourth-order valence-corrected chi connectivity index (χ4v) is 2.07. The van der Waals surface area contributed by atoms with E-state index < -0.39 is 139 Å². The Morgan fingerprint density at radius 3 is 0.519 bits per heavy atom. The van der Waals surface area contributed by atoms with E-state index in [0.717, 1.165) is 0 Å². The Morgan fingerprint density at radius 2 is 0.442 bits per heavy atom. The van der Waals surface area contributed by atoms with E-state index in [1.807, 2.05) is 0 Å². The molecule has 24 nitrogen and oxygen atoms in total. The van der Waals surface area contributed by atoms with Gasteiger partial charge in [-0.3, -0.25) is 0 Å². The van der Waals surface area contributed by atoms with Gasteiger partial charge in [0.15, 0.2) is 0 Å². The van der Waals surface area contributed by atoms with Crippen LogP contribution in [0.2, 0.25) is 0 Å². The first-order valence-electron chi connectivity index (χ1n) is 14.7. The number of benzene rings is 1. The predicted octanol–water partition coefficient (Wildman–Crippen LogP) is -10.5. The maximum atomic E-state index is 10.5. The van der Waals surface area contributed by atoms with E-state index in [1.165, 1.54) is 24.3 Å². The van der Waals surface area contributed by atoms with Gasteiger partial charge in [0, 0.05) is 0 Å². The molecule has 0 aliphatic heterocycles. The van der Waals surface area contributed by atoms with Crippen molar-refractivity contribution >= 4 is 11.9 Å². The Bertz CT molecular complexity index is 777. The van der Waals surface area contributed by atoms with E-state index in [9.17, 15) is 9.59 Å². The summed E-state index contributed by atoms with van der Waals surface area (Å²) in [6.45, 7) is -5.26. The third kappa shape index (κ3) is 32.0. The molecule has 0 aromatic heterocycles. The molecule has 1 aromatic carbocycles. The van der Waals surface area contributed by atoms with Crippen molar-refractivity contribution < 1.29 is 122 Å². The van der Waals surface area contributed by atoms with Gasteiger partial charge in [0.1, 0.15) is 61.0 Å². The van der Waals surface area contributed by atoms with E-state index in [0.29, 0.717) is 0 Å². The summed E-state index contributed by atoms with van der Waals surface area (Å²) in [4.78, 5) is 20.9. The van der Waals surface area contributed by atoms with Gasteiger partial charge in [0.25, 0.3) is 0 Å². The molecule has 24 heteroatoms. The minimum absolute atomic E-state index is 0.190. The van der Waals surface area contributed by atoms with E-state index in [4.69, 9.17) is 112 Å². The molecule has 0 bridgehead atoms. The van der Waals surface area contributed by atoms with Crippen molar-refractivity contribution in [3.05, 3.63) is 35.4 Å². The monoisotopic (exact) mass is 776 g/mol. The summed E-state index contributed by atoms with van der Waals surface area (Å²) >= 11 is 0. The summed E-state index contributed by atoms with van der Waals surface area (Å²) < 4.78 is 0. The number of aliphatic hydroxyl groups excluding tert-OH is 20. The van der Waals surface area contributed by atoms with Crippen LogP contribution < -0.4 is 0 Å². The number of rotatable bonds is 17. The molecule has 22 N–H and O–H groups in total. The molecule has 1 aromatic rings. The van der Waals surface area contributed by atoms with Crippen LogP contribution in [0.5, 0.6) is 0 Å². The Labute approximate surface area is 296 Å². The molecular formula is C28H56O24. The molecule has 0 saturated carbocycles. The van der Waals surface area contributed by atoms with Gasteiger partial charge < -0.3 is 112 Å². The molecule has 52 heavy (non-hydrogen) atoms. The molecule has 0 unspecified atom stereocenters. The number of carboxylic acid groups (broad SMARTS) is 2. The van der Waals surface area contributed by atoms with Gasteiger partial charge >= 0.3 is 11.9 Å². The molecule has 0 radical (unpaired) electrons. The molecule has 312 valence electrons. The second-order valence-electron chi connectivity index (χ2n) is 9.66. The van der Waals surface area contributed by atoms with Crippen molar-refractivity contribution in [3.63, 3.8) is 0 Å². The molecule has 0 fully saturated rings. The van der Waals surface area contributed by atoms with Crippen LogP contribution in [0.1, 0.15) is 20.7 Å². The minimum atomic E-state index is -1.23. The first-order valence-corrected chi connectivity index (χ1v) is 14.7. The summed E-state index contributed by atoms with van der Waals surface area (Å²) in [6, 6.07) is 5.48. The molecule has 0 amide bonds. The average Bonchev–Trinajstić information content (AvgIpc) is 3.18. The molecule has 1 rings (SSSR count). The highest BCUT2D eigenvalue weighted by Crippen LogP contribution is 2.08. The zero-order valence-electron chi connectivity index (χ0n) is 27.8. The lowest BCUT2D eigenvalue weighted by Crippen LogP contribution is -2.31. The normalized spacial score (nSPS) is 16.0. The SMILES string of the molecule is O=C(O)c1ccccc1C(=O)O.OC[C@@H](O)[C@@H](O)CO.OC[C@@H](O)[C@@H](O)CO.OC[C@@H](O)[C@@H](O)CO.OC[C@@H](O)[C@@H](O)CO.OC[C@@H](O)[C@@H](O)CO. The number of hydrogen-bond donors (Lipinski definition) is 22. The first kappa shape index (κ1) is 58.7. The topological polar surface area (TPSA) is 479 Å². The van der Waals surface area contributed by atoms with Gasteiger partial charge in [0.2, 0.25) is 0 Å². The molecular weight excluding hydrogens is 720 g/mol. The van der Waals surface area contributed by atoms with E-state index in [2.05, 4.69) is 0 Å². The van der Waals surface area contributed by atoms with Crippen molar-refractivity contribution in [2.24, 2.45) is 0 Å². The van der Waals surface area contributed by atoms with Gasteiger partial charge in [0.05, 0.1) is 77.2 Å². The van der Waals surface area contributed by atoms with E-state index in [-0.39, 0.29) is 11.1 Å². The Morgan fingerprint density at radius 1 is 0.327 bits per heavy atom. The van der Waals surface area contributed by atoms with Crippen LogP contribution in [-0.2, 0) is 0 Å². The number of carbonyl (C=O) groups is 2. The van der Waals surface area contributed by atoms with Gasteiger partial charge in [-0.2, -0.15) is 0 Å². The van der Waals surface area contributed by atoms with Crippen LogP contribution in [0.15, 0.2) is 24.3 Å². The van der Waals surface area contributed by atoms with Crippen LogP contribution in [0.3, 0.4) is 0 Å². The third-order valence-electron chi connectivity index (χ3n) is 5.48. The van der Waals surface area contributed by atoms with Crippen molar-refractivity contribution in [2.45, 2.75) is 61.0 Å². The summed E-state index contributed by atoms with van der Waals surface area (Å²) in [5.41, 5.74) is -0.380. The molecule has 0 aliphatic rings. The van der Waals surface area contributed by atoms with Gasteiger partial charge in [-0.25, -0.2) is 9.59 Å². The van der Waals surface area contributed by atoms with Crippen LogP contribution >= 0.6 is 0 Å². The standard InChI is InChI=1S/C8H6O4.5C4H10O4/c9-7(10)5-3-1-2-4-6(5)8(11)12;5*5-1-3(7)4(8)2-6/h1-4H,(H,9,10)(H,11,12);5*3-8H,1-2H2/t;5*3-,4+. The van der Waals surface area contributed by atoms with Crippen molar-refractivity contribution in [1.29, 1.82) is 0 Å².